The number of hydrogen-bond acceptors (Lipinski definition) is 7. The highest BCUT2D eigenvalue weighted by Gasteiger charge is 2.23. The fourth-order valence-corrected chi connectivity index (χ4v) is 3.28. The molecule has 1 atom stereocenters. The van der Waals surface area contributed by atoms with Crippen LogP contribution in [0, 0.1) is 11.3 Å². The van der Waals surface area contributed by atoms with Crippen molar-refractivity contribution in [2.75, 3.05) is 30.5 Å². The van der Waals surface area contributed by atoms with Gasteiger partial charge in [0.25, 0.3) is 0 Å². The second kappa shape index (κ2) is 8.27. The van der Waals surface area contributed by atoms with Crippen LogP contribution in [0.2, 0.25) is 0 Å². The zero-order valence-corrected chi connectivity index (χ0v) is 14.1. The molecular weight excluding hydrogens is 306 g/mol. The summed E-state index contributed by atoms with van der Waals surface area (Å²) in [5.41, 5.74) is 0.465. The smallest absolute Gasteiger partial charge is 0.224 e. The maximum absolute atomic E-state index is 9.25. The van der Waals surface area contributed by atoms with Crippen molar-refractivity contribution in [3.05, 3.63) is 11.8 Å². The van der Waals surface area contributed by atoms with Crippen LogP contribution in [-0.4, -0.2) is 48.0 Å². The van der Waals surface area contributed by atoms with Crippen LogP contribution in [0.3, 0.4) is 0 Å². The van der Waals surface area contributed by atoms with Crippen molar-refractivity contribution < 1.29 is 9.47 Å². The Balaban J connectivity index is 1.60. The number of nitriles is 1. The largest absolute Gasteiger partial charge is 0.379 e. The van der Waals surface area contributed by atoms with Crippen LogP contribution >= 0.6 is 0 Å². The lowest BCUT2D eigenvalue weighted by atomic mass is 9.93. The van der Waals surface area contributed by atoms with Crippen molar-refractivity contribution >= 4 is 11.8 Å². The van der Waals surface area contributed by atoms with Gasteiger partial charge in [-0.3, -0.25) is 0 Å². The van der Waals surface area contributed by atoms with Crippen molar-refractivity contribution in [3.63, 3.8) is 0 Å². The van der Waals surface area contributed by atoms with E-state index in [-0.39, 0.29) is 6.04 Å². The Morgan fingerprint density at radius 2 is 2.08 bits per heavy atom. The van der Waals surface area contributed by atoms with Crippen molar-refractivity contribution in [1.29, 1.82) is 5.26 Å². The molecule has 1 aliphatic carbocycles. The lowest BCUT2D eigenvalue weighted by molar-refractivity contribution is 0.0346. The van der Waals surface area contributed by atoms with Crippen molar-refractivity contribution in [3.8, 4) is 6.07 Å². The molecule has 3 rings (SSSR count). The van der Waals surface area contributed by atoms with Crippen LogP contribution in [-0.2, 0) is 9.47 Å². The molecule has 0 radical (unpaired) electrons. The van der Waals surface area contributed by atoms with E-state index in [1.54, 1.807) is 6.20 Å². The van der Waals surface area contributed by atoms with E-state index in [1.165, 1.54) is 0 Å². The first kappa shape index (κ1) is 16.9. The van der Waals surface area contributed by atoms with Crippen molar-refractivity contribution in [2.24, 2.45) is 0 Å². The van der Waals surface area contributed by atoms with Gasteiger partial charge in [-0.1, -0.05) is 0 Å². The molecule has 1 aromatic rings. The van der Waals surface area contributed by atoms with Gasteiger partial charge < -0.3 is 20.1 Å². The quantitative estimate of drug-likeness (QED) is 0.826. The van der Waals surface area contributed by atoms with Crippen LogP contribution in [0.25, 0.3) is 0 Å². The molecule has 1 aromatic heterocycles. The second-order valence-corrected chi connectivity index (χ2v) is 6.35. The van der Waals surface area contributed by atoms with Gasteiger partial charge in [0, 0.05) is 19.3 Å². The number of nitrogens with zero attached hydrogens (tertiary/aromatic N) is 3. The molecule has 2 heterocycles. The number of nitrogens with one attached hydrogen (secondary N) is 2. The molecule has 0 bridgehead atoms. The van der Waals surface area contributed by atoms with E-state index >= 15 is 0 Å². The van der Waals surface area contributed by atoms with Gasteiger partial charge in [0.1, 0.15) is 17.5 Å². The molecule has 1 saturated carbocycles. The third-order valence-electron chi connectivity index (χ3n) is 4.59. The second-order valence-electron chi connectivity index (χ2n) is 6.35. The molecule has 130 valence electrons. The summed E-state index contributed by atoms with van der Waals surface area (Å²) < 4.78 is 11.1. The Hall–Kier alpha value is -1.91. The summed E-state index contributed by atoms with van der Waals surface area (Å²) in [6.45, 7) is 4.22. The minimum atomic E-state index is 0.210. The van der Waals surface area contributed by atoms with Gasteiger partial charge in [-0.2, -0.15) is 10.2 Å². The van der Waals surface area contributed by atoms with E-state index in [2.05, 4.69) is 26.7 Å². The molecule has 0 spiro atoms. The molecule has 2 aliphatic rings. The van der Waals surface area contributed by atoms with Crippen molar-refractivity contribution in [1.82, 2.24) is 9.97 Å². The van der Waals surface area contributed by atoms with Crippen LogP contribution < -0.4 is 10.6 Å². The minimum absolute atomic E-state index is 0.210. The third kappa shape index (κ3) is 4.34. The van der Waals surface area contributed by atoms with Crippen LogP contribution in [0.15, 0.2) is 6.20 Å². The third-order valence-corrected chi connectivity index (χ3v) is 4.59. The number of rotatable bonds is 6. The maximum Gasteiger partial charge on any atom is 0.224 e. The van der Waals surface area contributed by atoms with Crippen LogP contribution in [0.4, 0.5) is 11.8 Å². The lowest BCUT2D eigenvalue weighted by Gasteiger charge is -2.29. The van der Waals surface area contributed by atoms with Gasteiger partial charge in [0.15, 0.2) is 0 Å². The number of aromatic nitrogens is 2. The minimum Gasteiger partial charge on any atom is -0.379 e. The first-order chi connectivity index (χ1) is 11.8. The Labute approximate surface area is 142 Å². The van der Waals surface area contributed by atoms with Gasteiger partial charge in [-0.25, -0.2) is 4.98 Å². The Bertz CT molecular complexity index is 575. The van der Waals surface area contributed by atoms with Gasteiger partial charge in [-0.05, 0) is 39.0 Å². The molecule has 2 fully saturated rings. The van der Waals surface area contributed by atoms with E-state index in [9.17, 15) is 5.26 Å². The summed E-state index contributed by atoms with van der Waals surface area (Å²) in [5.74, 6) is 1.17. The average molecular weight is 331 g/mol. The topological polar surface area (TPSA) is 92.1 Å². The summed E-state index contributed by atoms with van der Waals surface area (Å²) in [7, 11) is 0. The molecule has 7 heteroatoms. The van der Waals surface area contributed by atoms with Crippen LogP contribution in [0.5, 0.6) is 0 Å². The Kier molecular flexibility index (Phi) is 5.83. The van der Waals surface area contributed by atoms with Crippen LogP contribution in [0.1, 0.15) is 44.6 Å². The fourth-order valence-electron chi connectivity index (χ4n) is 3.28. The van der Waals surface area contributed by atoms with E-state index in [4.69, 9.17) is 9.47 Å². The summed E-state index contributed by atoms with van der Waals surface area (Å²) in [6.07, 6.45) is 7.12. The van der Waals surface area contributed by atoms with E-state index in [0.29, 0.717) is 36.1 Å². The van der Waals surface area contributed by atoms with Gasteiger partial charge in [0.05, 0.1) is 24.9 Å². The lowest BCUT2D eigenvalue weighted by Crippen LogP contribution is -2.30. The Morgan fingerprint density at radius 1 is 1.25 bits per heavy atom. The summed E-state index contributed by atoms with van der Waals surface area (Å²) >= 11 is 0. The predicted molar refractivity (Wildman–Crippen MR) is 90.9 cm³/mol. The molecule has 7 nitrogen and oxygen atoms in total. The average Bonchev–Trinajstić information content (AvgIpc) is 3.10. The standard InChI is InChI=1S/C17H25N5O2/c1-2-24-15-5-3-13(4-6-15)21-17-19-10-12(9-18)16(22-17)20-14-7-8-23-11-14/h10,13-15H,2-8,11H2,1H3,(H2,19,20,21,22)/t13-,14-,15-/m0/s1. The number of anilines is 2. The van der Waals surface area contributed by atoms with Crippen molar-refractivity contribution in [2.45, 2.75) is 57.2 Å². The molecular formula is C17H25N5O2. The van der Waals surface area contributed by atoms with E-state index in [1.807, 2.05) is 6.92 Å². The van der Waals surface area contributed by atoms with Gasteiger partial charge in [0.2, 0.25) is 5.95 Å². The zero-order chi connectivity index (χ0) is 16.8. The molecule has 24 heavy (non-hydrogen) atoms. The monoisotopic (exact) mass is 331 g/mol. The SMILES string of the molecule is CCO[C@H]1CC[C@H](Nc2ncc(C#N)c(N[C@H]3CCOC3)n2)CC1. The number of ether oxygens (including phenoxy) is 2. The summed E-state index contributed by atoms with van der Waals surface area (Å²) in [4.78, 5) is 8.80. The molecule has 0 amide bonds. The zero-order valence-electron chi connectivity index (χ0n) is 14.1. The molecule has 0 aromatic carbocycles. The summed E-state index contributed by atoms with van der Waals surface area (Å²) in [6, 6.07) is 2.72. The molecule has 2 N–H and O–H groups in total. The first-order valence-corrected chi connectivity index (χ1v) is 8.78. The van der Waals surface area contributed by atoms with E-state index in [0.717, 1.165) is 45.3 Å². The molecule has 1 saturated heterocycles. The highest BCUT2D eigenvalue weighted by atomic mass is 16.5. The van der Waals surface area contributed by atoms with Gasteiger partial charge in [-0.15, -0.1) is 0 Å². The molecule has 1 aliphatic heterocycles. The number of hydrogen-bond donors (Lipinski definition) is 2. The maximum atomic E-state index is 9.25. The Morgan fingerprint density at radius 3 is 2.75 bits per heavy atom. The predicted octanol–water partition coefficient (Wildman–Crippen LogP) is 2.31. The first-order valence-electron chi connectivity index (χ1n) is 8.78. The molecule has 0 unspecified atom stereocenters. The van der Waals surface area contributed by atoms with Gasteiger partial charge >= 0.3 is 0 Å². The highest BCUT2D eigenvalue weighted by molar-refractivity contribution is 5.54. The van der Waals surface area contributed by atoms with E-state index < -0.39 is 0 Å². The highest BCUT2D eigenvalue weighted by Crippen LogP contribution is 2.24. The normalized spacial score (nSPS) is 26.8. The fraction of sp³-hybridized carbons (Fsp3) is 0.706. The summed E-state index contributed by atoms with van der Waals surface area (Å²) in [5, 5.41) is 16.0.